The van der Waals surface area contributed by atoms with Gasteiger partial charge in [0.25, 0.3) is 0 Å². The molecule has 0 radical (unpaired) electrons. The Morgan fingerprint density at radius 3 is 2.69 bits per heavy atom. The summed E-state index contributed by atoms with van der Waals surface area (Å²) >= 11 is 0. The first-order valence-electron chi connectivity index (χ1n) is 11.4. The molecule has 0 saturated carbocycles. The summed E-state index contributed by atoms with van der Waals surface area (Å²) in [7, 11) is 1.35. The number of amides is 2. The van der Waals surface area contributed by atoms with Gasteiger partial charge in [0.2, 0.25) is 5.91 Å². The molecule has 1 fully saturated rings. The van der Waals surface area contributed by atoms with Crippen LogP contribution >= 0.6 is 0 Å². The molecule has 0 atom stereocenters. The summed E-state index contributed by atoms with van der Waals surface area (Å²) in [4.78, 5) is 42.6. The largest absolute Gasteiger partial charge is 0.453 e. The third-order valence-electron chi connectivity index (χ3n) is 7.00. The first kappa shape index (κ1) is 21.2. The van der Waals surface area contributed by atoms with Gasteiger partial charge < -0.3 is 14.5 Å². The summed E-state index contributed by atoms with van der Waals surface area (Å²) in [5.74, 6) is -0.0522. The molecule has 2 aliphatic rings. The van der Waals surface area contributed by atoms with E-state index in [1.807, 2.05) is 30.6 Å². The number of carbonyl (C=O) groups is 2. The lowest BCUT2D eigenvalue weighted by atomic mass is 9.75. The van der Waals surface area contributed by atoms with Gasteiger partial charge in [0, 0.05) is 54.4 Å². The number of nitrogens with zero attached hydrogens (tertiary/aromatic N) is 5. The van der Waals surface area contributed by atoms with Crippen molar-refractivity contribution in [1.29, 1.82) is 0 Å². The summed E-state index contributed by atoms with van der Waals surface area (Å²) in [5, 5.41) is 2.09. The van der Waals surface area contributed by atoms with Gasteiger partial charge in [-0.1, -0.05) is 23.8 Å². The van der Waals surface area contributed by atoms with E-state index in [0.717, 1.165) is 44.4 Å². The van der Waals surface area contributed by atoms with Gasteiger partial charge in [-0.2, -0.15) is 0 Å². The number of methoxy groups -OCH3 is 1. The van der Waals surface area contributed by atoms with Crippen molar-refractivity contribution in [3.8, 4) is 11.1 Å². The highest BCUT2D eigenvalue weighted by Crippen LogP contribution is 2.48. The van der Waals surface area contributed by atoms with Crippen LogP contribution in [0.5, 0.6) is 0 Å². The molecule has 1 saturated heterocycles. The van der Waals surface area contributed by atoms with Crippen LogP contribution in [0.2, 0.25) is 0 Å². The van der Waals surface area contributed by atoms with Crippen LogP contribution < -0.4 is 4.90 Å². The van der Waals surface area contributed by atoms with E-state index in [1.54, 1.807) is 28.4 Å². The highest BCUT2D eigenvalue weighted by Gasteiger charge is 2.59. The van der Waals surface area contributed by atoms with Crippen LogP contribution in [-0.2, 0) is 21.5 Å². The molecule has 2 aliphatic heterocycles. The molecule has 1 spiro atoms. The molecule has 4 aromatic rings. The Bertz CT molecular complexity index is 1480. The lowest BCUT2D eigenvalue weighted by Gasteiger charge is -2.45. The zero-order chi connectivity index (χ0) is 24.2. The first-order chi connectivity index (χ1) is 17.0. The number of ether oxygens (including phenoxy) is 1. The molecule has 0 N–H and O–H groups in total. The maximum atomic E-state index is 13.9. The predicted molar refractivity (Wildman–Crippen MR) is 131 cm³/mol. The van der Waals surface area contributed by atoms with E-state index in [9.17, 15) is 9.59 Å². The number of hydrogen-bond donors (Lipinski definition) is 0. The van der Waals surface area contributed by atoms with Crippen LogP contribution in [0, 0.1) is 6.92 Å². The lowest BCUT2D eigenvalue weighted by Crippen LogP contribution is -2.65. The Balaban J connectivity index is 1.44. The number of aromatic nitrogens is 3. The van der Waals surface area contributed by atoms with Crippen molar-refractivity contribution in [2.75, 3.05) is 25.1 Å². The molecular weight excluding hydrogens is 442 g/mol. The number of likely N-dealkylation sites (tertiary alicyclic amines) is 1. The summed E-state index contributed by atoms with van der Waals surface area (Å²) in [6, 6.07) is 12.1. The van der Waals surface area contributed by atoms with E-state index in [2.05, 4.69) is 35.1 Å². The number of aryl methyl sites for hydroxylation is 1. The van der Waals surface area contributed by atoms with E-state index in [4.69, 9.17) is 9.72 Å². The summed E-state index contributed by atoms with van der Waals surface area (Å²) in [6.45, 7) is 2.91. The second kappa shape index (κ2) is 7.87. The fourth-order valence-electron chi connectivity index (χ4n) is 5.30. The maximum Gasteiger partial charge on any atom is 0.409 e. The molecule has 0 unspecified atom stereocenters. The SMILES string of the molecule is COC(=O)N1CC2(C1)C(=O)N(Cc1ncc3cc(C)ccc3c1-c1cccnc1)c1cnccc12. The zero-order valence-corrected chi connectivity index (χ0v) is 19.4. The van der Waals surface area contributed by atoms with E-state index in [-0.39, 0.29) is 25.5 Å². The fraction of sp³-hybridized carbons (Fsp3) is 0.222. The van der Waals surface area contributed by atoms with Crippen LogP contribution in [-0.4, -0.2) is 52.1 Å². The second-order valence-electron chi connectivity index (χ2n) is 9.10. The Morgan fingerprint density at radius 1 is 1.09 bits per heavy atom. The van der Waals surface area contributed by atoms with Gasteiger partial charge in [0.1, 0.15) is 5.41 Å². The summed E-state index contributed by atoms with van der Waals surface area (Å²) in [5.41, 5.74) is 4.69. The molecular formula is C27H23N5O3. The van der Waals surface area contributed by atoms with Gasteiger partial charge in [0.15, 0.2) is 0 Å². The van der Waals surface area contributed by atoms with Gasteiger partial charge in [-0.05, 0) is 36.1 Å². The Hall–Kier alpha value is -4.33. The van der Waals surface area contributed by atoms with Gasteiger partial charge in [-0.15, -0.1) is 0 Å². The first-order valence-corrected chi connectivity index (χ1v) is 11.4. The van der Waals surface area contributed by atoms with Crippen LogP contribution in [0.3, 0.4) is 0 Å². The van der Waals surface area contributed by atoms with Gasteiger partial charge in [-0.25, -0.2) is 4.79 Å². The van der Waals surface area contributed by atoms with E-state index in [1.165, 1.54) is 7.11 Å². The maximum absolute atomic E-state index is 13.9. The minimum absolute atomic E-state index is 0.0522. The third-order valence-corrected chi connectivity index (χ3v) is 7.00. The molecule has 3 aromatic heterocycles. The van der Waals surface area contributed by atoms with Gasteiger partial charge >= 0.3 is 6.09 Å². The topological polar surface area (TPSA) is 88.5 Å². The molecule has 0 bridgehead atoms. The minimum atomic E-state index is -0.783. The molecule has 8 nitrogen and oxygen atoms in total. The average Bonchev–Trinajstić information content (AvgIpc) is 3.11. The number of benzene rings is 1. The molecule has 8 heteroatoms. The number of fused-ring (bicyclic) bond motifs is 3. The van der Waals surface area contributed by atoms with Crippen molar-refractivity contribution in [3.05, 3.63) is 84.2 Å². The van der Waals surface area contributed by atoms with Crippen molar-refractivity contribution in [2.24, 2.45) is 0 Å². The van der Waals surface area contributed by atoms with Crippen molar-refractivity contribution >= 4 is 28.5 Å². The smallest absolute Gasteiger partial charge is 0.409 e. The highest BCUT2D eigenvalue weighted by atomic mass is 16.5. The van der Waals surface area contributed by atoms with Crippen molar-refractivity contribution < 1.29 is 14.3 Å². The standard InChI is InChI=1S/C27H23N5O3/c1-17-5-6-20-19(10-17)12-30-22(24(20)18-4-3-8-28-11-18)14-32-23-13-29-9-7-21(23)27(25(32)33)15-31(16-27)26(34)35-2/h3-13H,14-16H2,1-2H3. The zero-order valence-electron chi connectivity index (χ0n) is 19.4. The van der Waals surface area contributed by atoms with Crippen LogP contribution in [0.4, 0.5) is 10.5 Å². The minimum Gasteiger partial charge on any atom is -0.453 e. The molecule has 2 amide bonds. The van der Waals surface area contributed by atoms with Crippen LogP contribution in [0.25, 0.3) is 21.9 Å². The Morgan fingerprint density at radius 2 is 1.91 bits per heavy atom. The number of rotatable bonds is 3. The van der Waals surface area contributed by atoms with E-state index in [0.29, 0.717) is 0 Å². The van der Waals surface area contributed by atoms with E-state index < -0.39 is 11.5 Å². The lowest BCUT2D eigenvalue weighted by molar-refractivity contribution is -0.128. The second-order valence-corrected chi connectivity index (χ2v) is 9.10. The molecule has 0 aliphatic carbocycles. The van der Waals surface area contributed by atoms with Crippen molar-refractivity contribution in [3.63, 3.8) is 0 Å². The van der Waals surface area contributed by atoms with E-state index >= 15 is 0 Å². The molecule has 35 heavy (non-hydrogen) atoms. The molecule has 174 valence electrons. The highest BCUT2D eigenvalue weighted by molar-refractivity contribution is 6.10. The Kier molecular flexibility index (Phi) is 4.77. The number of hydrogen-bond acceptors (Lipinski definition) is 6. The number of pyridine rings is 3. The normalized spacial score (nSPS) is 15.9. The number of carbonyl (C=O) groups excluding carboxylic acids is 2. The third kappa shape index (κ3) is 3.17. The van der Waals surface area contributed by atoms with Crippen LogP contribution in [0.15, 0.2) is 67.4 Å². The average molecular weight is 466 g/mol. The molecule has 5 heterocycles. The van der Waals surface area contributed by atoms with Gasteiger partial charge in [-0.3, -0.25) is 19.7 Å². The van der Waals surface area contributed by atoms with Crippen LogP contribution in [0.1, 0.15) is 16.8 Å². The molecule has 1 aromatic carbocycles. The quantitative estimate of drug-likeness (QED) is 0.456. The molecule has 6 rings (SSSR count). The summed E-state index contributed by atoms with van der Waals surface area (Å²) < 4.78 is 4.85. The summed E-state index contributed by atoms with van der Waals surface area (Å²) in [6.07, 6.45) is 8.41. The predicted octanol–water partition coefficient (Wildman–Crippen LogP) is 3.87. The fourth-order valence-corrected chi connectivity index (χ4v) is 5.30. The van der Waals surface area contributed by atoms with Crippen molar-refractivity contribution in [2.45, 2.75) is 18.9 Å². The van der Waals surface area contributed by atoms with Gasteiger partial charge in [0.05, 0.1) is 31.2 Å². The monoisotopic (exact) mass is 465 g/mol. The van der Waals surface area contributed by atoms with Crippen molar-refractivity contribution in [1.82, 2.24) is 19.9 Å². The number of anilines is 1. The Labute approximate surface area is 202 Å².